The lowest BCUT2D eigenvalue weighted by molar-refractivity contribution is 0.0339. The van der Waals surface area contributed by atoms with E-state index in [0.29, 0.717) is 11.1 Å². The molecule has 0 spiro atoms. The molecule has 2 aliphatic heterocycles. The molecule has 27 heavy (non-hydrogen) atoms. The van der Waals surface area contributed by atoms with Crippen molar-refractivity contribution in [3.63, 3.8) is 0 Å². The summed E-state index contributed by atoms with van der Waals surface area (Å²) in [5.41, 5.74) is 2.08. The van der Waals surface area contributed by atoms with Crippen molar-refractivity contribution < 1.29 is 14.3 Å². The maximum atomic E-state index is 12.7. The maximum Gasteiger partial charge on any atom is 0.262 e. The highest BCUT2D eigenvalue weighted by atomic mass is 16.5. The highest BCUT2D eigenvalue weighted by Crippen LogP contribution is 2.30. The Balaban J connectivity index is 1.46. The van der Waals surface area contributed by atoms with Gasteiger partial charge in [-0.15, -0.1) is 0 Å². The van der Waals surface area contributed by atoms with Gasteiger partial charge in [0.1, 0.15) is 5.75 Å². The first-order valence-electron chi connectivity index (χ1n) is 9.20. The normalized spacial score (nSPS) is 18.6. The van der Waals surface area contributed by atoms with Crippen molar-refractivity contribution in [2.75, 3.05) is 38.2 Å². The predicted octanol–water partition coefficient (Wildman–Crippen LogP) is 2.46. The Labute approximate surface area is 158 Å². The molecule has 2 aromatic rings. The number of hydrogen-bond donors (Lipinski definition) is 0. The van der Waals surface area contributed by atoms with Crippen LogP contribution in [0, 0.1) is 0 Å². The molecule has 2 aromatic carbocycles. The minimum absolute atomic E-state index is 0.199. The lowest BCUT2D eigenvalue weighted by Gasteiger charge is -2.41. The second-order valence-corrected chi connectivity index (χ2v) is 6.85. The Morgan fingerprint density at radius 3 is 2.00 bits per heavy atom. The largest absolute Gasteiger partial charge is 0.495 e. The number of nitrogens with zero attached hydrogens (tertiary/aromatic N) is 3. The summed E-state index contributed by atoms with van der Waals surface area (Å²) in [6, 6.07) is 15.0. The van der Waals surface area contributed by atoms with E-state index in [4.69, 9.17) is 4.74 Å². The second kappa shape index (κ2) is 7.04. The van der Waals surface area contributed by atoms with Crippen LogP contribution in [0.3, 0.4) is 0 Å². The molecule has 140 valence electrons. The maximum absolute atomic E-state index is 12.7. The molecule has 2 amide bonds. The Kier molecular flexibility index (Phi) is 4.58. The van der Waals surface area contributed by atoms with Crippen molar-refractivity contribution in [1.82, 2.24) is 9.80 Å². The number of benzene rings is 2. The molecular weight excluding hydrogens is 342 g/mol. The van der Waals surface area contributed by atoms with E-state index in [1.54, 1.807) is 31.4 Å². The molecule has 0 aromatic heterocycles. The SMILES string of the molecule is COc1ccccc1N1CCN(C(C)N2C(=O)c3ccccc3C2=O)CC1. The topological polar surface area (TPSA) is 53.1 Å². The van der Waals surface area contributed by atoms with Crippen LogP contribution in [0.15, 0.2) is 48.5 Å². The minimum Gasteiger partial charge on any atom is -0.495 e. The number of ether oxygens (including phenoxy) is 1. The van der Waals surface area contributed by atoms with E-state index in [1.165, 1.54) is 4.90 Å². The van der Waals surface area contributed by atoms with E-state index in [2.05, 4.69) is 15.9 Å². The fraction of sp³-hybridized carbons (Fsp3) is 0.333. The van der Waals surface area contributed by atoms with Gasteiger partial charge >= 0.3 is 0 Å². The van der Waals surface area contributed by atoms with Crippen LogP contribution in [0.2, 0.25) is 0 Å². The molecule has 6 nitrogen and oxygen atoms in total. The van der Waals surface area contributed by atoms with E-state index < -0.39 is 0 Å². The molecule has 0 bridgehead atoms. The van der Waals surface area contributed by atoms with Gasteiger partial charge in [0.25, 0.3) is 11.8 Å². The monoisotopic (exact) mass is 365 g/mol. The summed E-state index contributed by atoms with van der Waals surface area (Å²) in [4.78, 5) is 31.3. The number of piperazine rings is 1. The van der Waals surface area contributed by atoms with Crippen LogP contribution in [0.25, 0.3) is 0 Å². The van der Waals surface area contributed by atoms with Gasteiger partial charge < -0.3 is 9.64 Å². The zero-order valence-electron chi connectivity index (χ0n) is 15.6. The van der Waals surface area contributed by atoms with Crippen LogP contribution in [-0.4, -0.2) is 61.1 Å². The van der Waals surface area contributed by atoms with Crippen LogP contribution >= 0.6 is 0 Å². The van der Waals surface area contributed by atoms with Gasteiger partial charge in [0.15, 0.2) is 0 Å². The third kappa shape index (κ3) is 2.96. The molecule has 4 rings (SSSR count). The Hall–Kier alpha value is -2.86. The Morgan fingerprint density at radius 1 is 0.852 bits per heavy atom. The molecule has 1 saturated heterocycles. The molecule has 0 radical (unpaired) electrons. The van der Waals surface area contributed by atoms with E-state index in [9.17, 15) is 9.59 Å². The van der Waals surface area contributed by atoms with Crippen molar-refractivity contribution in [2.24, 2.45) is 0 Å². The summed E-state index contributed by atoms with van der Waals surface area (Å²) in [5.74, 6) is 0.463. The zero-order chi connectivity index (χ0) is 19.0. The van der Waals surface area contributed by atoms with Crippen LogP contribution in [0.4, 0.5) is 5.69 Å². The van der Waals surface area contributed by atoms with Crippen LogP contribution < -0.4 is 9.64 Å². The molecule has 1 unspecified atom stereocenters. The predicted molar refractivity (Wildman–Crippen MR) is 103 cm³/mol. The first kappa shape index (κ1) is 17.5. The van der Waals surface area contributed by atoms with Gasteiger partial charge in [-0.3, -0.25) is 19.4 Å². The van der Waals surface area contributed by atoms with Crippen molar-refractivity contribution in [2.45, 2.75) is 13.1 Å². The highest BCUT2D eigenvalue weighted by Gasteiger charge is 2.40. The summed E-state index contributed by atoms with van der Waals surface area (Å²) < 4.78 is 5.47. The first-order valence-corrected chi connectivity index (χ1v) is 9.20. The lowest BCUT2D eigenvalue weighted by atomic mass is 10.1. The fourth-order valence-corrected chi connectivity index (χ4v) is 3.94. The number of carbonyl (C=O) groups excluding carboxylic acids is 2. The molecule has 1 fully saturated rings. The fourth-order valence-electron chi connectivity index (χ4n) is 3.94. The quantitative estimate of drug-likeness (QED) is 0.779. The zero-order valence-corrected chi connectivity index (χ0v) is 15.6. The van der Waals surface area contributed by atoms with Crippen molar-refractivity contribution in [3.05, 3.63) is 59.7 Å². The molecule has 0 N–H and O–H groups in total. The van der Waals surface area contributed by atoms with E-state index in [1.807, 2.05) is 25.1 Å². The van der Waals surface area contributed by atoms with Crippen LogP contribution in [0.5, 0.6) is 5.75 Å². The number of methoxy groups -OCH3 is 1. The summed E-state index contributed by atoms with van der Waals surface area (Å²) >= 11 is 0. The van der Waals surface area contributed by atoms with E-state index in [-0.39, 0.29) is 18.0 Å². The number of imide groups is 1. The Morgan fingerprint density at radius 2 is 1.41 bits per heavy atom. The average Bonchev–Trinajstić information content (AvgIpc) is 2.98. The van der Waals surface area contributed by atoms with Gasteiger partial charge in [-0.25, -0.2) is 0 Å². The minimum atomic E-state index is -0.266. The summed E-state index contributed by atoms with van der Waals surface area (Å²) in [7, 11) is 1.68. The summed E-state index contributed by atoms with van der Waals surface area (Å²) in [6.45, 7) is 5.10. The van der Waals surface area contributed by atoms with Gasteiger partial charge in [-0.1, -0.05) is 24.3 Å². The number of anilines is 1. The van der Waals surface area contributed by atoms with Crippen LogP contribution in [-0.2, 0) is 0 Å². The van der Waals surface area contributed by atoms with Crippen molar-refractivity contribution in [1.29, 1.82) is 0 Å². The molecular formula is C21H23N3O3. The first-order chi connectivity index (χ1) is 13.1. The molecule has 0 saturated carbocycles. The number of fused-ring (bicyclic) bond motifs is 1. The van der Waals surface area contributed by atoms with Crippen molar-refractivity contribution in [3.8, 4) is 5.75 Å². The number of rotatable bonds is 4. The molecule has 0 aliphatic carbocycles. The number of hydrogen-bond acceptors (Lipinski definition) is 5. The van der Waals surface area contributed by atoms with Gasteiger partial charge in [0.2, 0.25) is 0 Å². The molecule has 2 aliphatic rings. The number of amides is 2. The van der Waals surface area contributed by atoms with Gasteiger partial charge in [0, 0.05) is 26.2 Å². The molecule has 6 heteroatoms. The molecule has 2 heterocycles. The summed E-state index contributed by atoms with van der Waals surface area (Å²) in [6.07, 6.45) is -0.266. The smallest absolute Gasteiger partial charge is 0.262 e. The number of para-hydroxylation sites is 2. The standard InChI is InChI=1S/C21H23N3O3/c1-15(24-20(25)16-7-3-4-8-17(16)21(24)26)22-11-13-23(14-12-22)18-9-5-6-10-19(18)27-2/h3-10,15H,11-14H2,1-2H3. The lowest BCUT2D eigenvalue weighted by Crippen LogP contribution is -2.56. The number of carbonyl (C=O) groups is 2. The third-order valence-electron chi connectivity index (χ3n) is 5.47. The van der Waals surface area contributed by atoms with Crippen molar-refractivity contribution >= 4 is 17.5 Å². The van der Waals surface area contributed by atoms with E-state index >= 15 is 0 Å². The second-order valence-electron chi connectivity index (χ2n) is 6.85. The highest BCUT2D eigenvalue weighted by molar-refractivity contribution is 6.21. The van der Waals surface area contributed by atoms with Gasteiger partial charge in [-0.2, -0.15) is 0 Å². The van der Waals surface area contributed by atoms with Crippen LogP contribution in [0.1, 0.15) is 27.6 Å². The van der Waals surface area contributed by atoms with Gasteiger partial charge in [0.05, 0.1) is 30.1 Å². The summed E-state index contributed by atoms with van der Waals surface area (Å²) in [5, 5.41) is 0. The van der Waals surface area contributed by atoms with E-state index in [0.717, 1.165) is 37.6 Å². The van der Waals surface area contributed by atoms with Gasteiger partial charge in [-0.05, 0) is 31.2 Å². The average molecular weight is 365 g/mol. The third-order valence-corrected chi connectivity index (χ3v) is 5.47. The Bertz CT molecular complexity index is 839. The molecule has 1 atom stereocenters.